The first kappa shape index (κ1) is 15.8. The first-order chi connectivity index (χ1) is 9.91. The van der Waals surface area contributed by atoms with Gasteiger partial charge in [-0.3, -0.25) is 0 Å². The van der Waals surface area contributed by atoms with Gasteiger partial charge in [-0.2, -0.15) is 0 Å². The molecular weight excluding hydrogens is 258 g/mol. The number of hydrogen-bond donors (Lipinski definition) is 1. The van der Waals surface area contributed by atoms with Gasteiger partial charge in [0.1, 0.15) is 0 Å². The van der Waals surface area contributed by atoms with Gasteiger partial charge in [0, 0.05) is 19.6 Å². The van der Waals surface area contributed by atoms with Crippen LogP contribution in [0.25, 0.3) is 0 Å². The molecule has 122 valence electrons. The van der Waals surface area contributed by atoms with E-state index >= 15 is 0 Å². The van der Waals surface area contributed by atoms with Crippen LogP contribution in [0.1, 0.15) is 65.7 Å². The lowest BCUT2D eigenvalue weighted by atomic mass is 9.68. The van der Waals surface area contributed by atoms with E-state index in [1.165, 1.54) is 51.6 Å². The molecule has 0 aromatic rings. The van der Waals surface area contributed by atoms with Crippen molar-refractivity contribution in [2.45, 2.75) is 71.8 Å². The van der Waals surface area contributed by atoms with E-state index in [1.54, 1.807) is 0 Å². The van der Waals surface area contributed by atoms with Gasteiger partial charge in [0.05, 0.1) is 6.10 Å². The number of aliphatic hydroxyl groups excluding tert-OH is 1. The van der Waals surface area contributed by atoms with Crippen LogP contribution >= 0.6 is 0 Å². The molecule has 0 aromatic heterocycles. The molecule has 0 spiro atoms. The lowest BCUT2D eigenvalue weighted by molar-refractivity contribution is 0.00199. The highest BCUT2D eigenvalue weighted by Gasteiger charge is 2.37. The molecule has 0 aliphatic heterocycles. The second kappa shape index (κ2) is 6.20. The molecule has 3 aliphatic rings. The lowest BCUT2D eigenvalue weighted by Crippen LogP contribution is -2.42. The second-order valence-corrected chi connectivity index (χ2v) is 9.31. The minimum atomic E-state index is -0.0514. The zero-order valence-corrected chi connectivity index (χ0v) is 14.4. The predicted octanol–water partition coefficient (Wildman–Crippen LogP) is 3.93. The third-order valence-corrected chi connectivity index (χ3v) is 6.09. The summed E-state index contributed by atoms with van der Waals surface area (Å²) in [5.74, 6) is 3.25. The number of nitrogens with zero attached hydrogens (tertiary/aromatic N) is 1. The van der Waals surface area contributed by atoms with Gasteiger partial charge < -0.3 is 10.0 Å². The van der Waals surface area contributed by atoms with E-state index in [-0.39, 0.29) is 6.10 Å². The van der Waals surface area contributed by atoms with Crippen LogP contribution in [0, 0.1) is 29.1 Å². The van der Waals surface area contributed by atoms with E-state index < -0.39 is 0 Å². The summed E-state index contributed by atoms with van der Waals surface area (Å²) in [6, 6.07) is 0. The van der Waals surface area contributed by atoms with Crippen molar-refractivity contribution in [3.8, 4) is 0 Å². The van der Waals surface area contributed by atoms with Crippen molar-refractivity contribution in [3.05, 3.63) is 0 Å². The molecule has 0 aromatic carbocycles. The summed E-state index contributed by atoms with van der Waals surface area (Å²) in [4.78, 5) is 2.72. The first-order valence-electron chi connectivity index (χ1n) is 9.32. The molecule has 3 fully saturated rings. The largest absolute Gasteiger partial charge is 0.393 e. The highest BCUT2D eigenvalue weighted by molar-refractivity contribution is 4.89. The van der Waals surface area contributed by atoms with E-state index in [0.717, 1.165) is 30.7 Å². The maximum atomic E-state index is 10.5. The topological polar surface area (TPSA) is 23.5 Å². The van der Waals surface area contributed by atoms with Crippen molar-refractivity contribution < 1.29 is 5.11 Å². The Kier molecular flexibility index (Phi) is 4.66. The quantitative estimate of drug-likeness (QED) is 0.802. The Bertz CT molecular complexity index is 326. The summed E-state index contributed by atoms with van der Waals surface area (Å²) in [5, 5.41) is 10.5. The third-order valence-electron chi connectivity index (χ3n) is 6.09. The Labute approximate surface area is 131 Å². The van der Waals surface area contributed by atoms with Gasteiger partial charge in [0.2, 0.25) is 0 Å². The van der Waals surface area contributed by atoms with E-state index in [2.05, 4.69) is 25.7 Å². The van der Waals surface area contributed by atoms with Crippen LogP contribution in [0.2, 0.25) is 0 Å². The Balaban J connectivity index is 1.56. The highest BCUT2D eigenvalue weighted by Crippen LogP contribution is 2.41. The number of rotatable bonds is 6. The Hall–Kier alpha value is -0.0800. The van der Waals surface area contributed by atoms with Crippen LogP contribution in [-0.4, -0.2) is 35.7 Å². The molecule has 0 bridgehead atoms. The molecule has 2 nitrogen and oxygen atoms in total. The molecule has 3 saturated carbocycles. The lowest BCUT2D eigenvalue weighted by Gasteiger charge is -2.42. The summed E-state index contributed by atoms with van der Waals surface area (Å²) in [5.41, 5.74) is 0.399. The van der Waals surface area contributed by atoms with Crippen molar-refractivity contribution in [1.82, 2.24) is 4.90 Å². The molecule has 0 saturated heterocycles. The SMILES string of the molecule is CC(C)(C)C1CCC(O)C(CN(CC2CC2)CC2CC2)C1. The summed E-state index contributed by atoms with van der Waals surface area (Å²) in [6.45, 7) is 10.9. The monoisotopic (exact) mass is 293 g/mol. The molecule has 2 heteroatoms. The smallest absolute Gasteiger partial charge is 0.0580 e. The van der Waals surface area contributed by atoms with Gasteiger partial charge >= 0.3 is 0 Å². The zero-order valence-electron chi connectivity index (χ0n) is 14.4. The van der Waals surface area contributed by atoms with Crippen molar-refractivity contribution in [3.63, 3.8) is 0 Å². The Morgan fingerprint density at radius 1 is 0.857 bits per heavy atom. The fraction of sp³-hybridized carbons (Fsp3) is 1.00. The second-order valence-electron chi connectivity index (χ2n) is 9.31. The Morgan fingerprint density at radius 3 is 1.90 bits per heavy atom. The first-order valence-corrected chi connectivity index (χ1v) is 9.32. The standard InChI is InChI=1S/C19H35NO/c1-19(2,3)17-8-9-18(21)16(10-17)13-20(11-14-4-5-14)12-15-6-7-15/h14-18,21H,4-13H2,1-3H3. The predicted molar refractivity (Wildman–Crippen MR) is 88.2 cm³/mol. The summed E-state index contributed by atoms with van der Waals surface area (Å²) in [6.07, 6.45) is 9.19. The molecule has 3 unspecified atom stereocenters. The van der Waals surface area contributed by atoms with Gasteiger partial charge in [-0.25, -0.2) is 0 Å². The van der Waals surface area contributed by atoms with Gasteiger partial charge in [0.15, 0.2) is 0 Å². The van der Waals surface area contributed by atoms with Crippen LogP contribution in [0.3, 0.4) is 0 Å². The van der Waals surface area contributed by atoms with Crippen LogP contribution in [0.4, 0.5) is 0 Å². The van der Waals surface area contributed by atoms with E-state index in [9.17, 15) is 5.11 Å². The van der Waals surface area contributed by atoms with Gasteiger partial charge in [-0.05, 0) is 74.0 Å². The molecule has 0 radical (unpaired) electrons. The molecule has 3 aliphatic carbocycles. The number of aliphatic hydroxyl groups is 1. The fourth-order valence-electron chi connectivity index (χ4n) is 4.12. The molecule has 21 heavy (non-hydrogen) atoms. The molecular formula is C19H35NO. The van der Waals surface area contributed by atoms with E-state index in [1.807, 2.05) is 0 Å². The van der Waals surface area contributed by atoms with Crippen molar-refractivity contribution in [1.29, 1.82) is 0 Å². The van der Waals surface area contributed by atoms with Gasteiger partial charge in [-0.15, -0.1) is 0 Å². The summed E-state index contributed by atoms with van der Waals surface area (Å²) >= 11 is 0. The van der Waals surface area contributed by atoms with Gasteiger partial charge in [-0.1, -0.05) is 20.8 Å². The fourth-order valence-corrected chi connectivity index (χ4v) is 4.12. The Morgan fingerprint density at radius 2 is 1.43 bits per heavy atom. The van der Waals surface area contributed by atoms with Crippen molar-refractivity contribution in [2.24, 2.45) is 29.1 Å². The minimum absolute atomic E-state index is 0.0514. The maximum absolute atomic E-state index is 10.5. The summed E-state index contributed by atoms with van der Waals surface area (Å²) in [7, 11) is 0. The van der Waals surface area contributed by atoms with Crippen LogP contribution in [-0.2, 0) is 0 Å². The number of hydrogen-bond acceptors (Lipinski definition) is 2. The zero-order chi connectivity index (χ0) is 15.0. The molecule has 0 amide bonds. The minimum Gasteiger partial charge on any atom is -0.393 e. The molecule has 1 N–H and O–H groups in total. The summed E-state index contributed by atoms with van der Waals surface area (Å²) < 4.78 is 0. The molecule has 0 heterocycles. The average Bonchev–Trinajstić information content (AvgIpc) is 3.26. The molecule has 3 atom stereocenters. The van der Waals surface area contributed by atoms with Gasteiger partial charge in [0.25, 0.3) is 0 Å². The van der Waals surface area contributed by atoms with Crippen molar-refractivity contribution >= 4 is 0 Å². The molecule has 3 rings (SSSR count). The van der Waals surface area contributed by atoms with Crippen molar-refractivity contribution in [2.75, 3.05) is 19.6 Å². The van der Waals surface area contributed by atoms with E-state index in [0.29, 0.717) is 11.3 Å². The van der Waals surface area contributed by atoms with Crippen LogP contribution in [0.5, 0.6) is 0 Å². The third kappa shape index (κ3) is 4.69. The highest BCUT2D eigenvalue weighted by atomic mass is 16.3. The van der Waals surface area contributed by atoms with Crippen LogP contribution in [0.15, 0.2) is 0 Å². The maximum Gasteiger partial charge on any atom is 0.0580 e. The average molecular weight is 293 g/mol. The normalized spacial score (nSPS) is 34.4. The van der Waals surface area contributed by atoms with E-state index in [4.69, 9.17) is 0 Å². The van der Waals surface area contributed by atoms with Crippen LogP contribution < -0.4 is 0 Å².